The fourth-order valence-corrected chi connectivity index (χ4v) is 5.11. The van der Waals surface area contributed by atoms with Crippen LogP contribution in [0.25, 0.3) is 11.1 Å². The van der Waals surface area contributed by atoms with Gasteiger partial charge in [0, 0.05) is 32.3 Å². The fraction of sp³-hybridized carbons (Fsp3) is 0.471. The summed E-state index contributed by atoms with van der Waals surface area (Å²) < 4.78 is 35.8. The van der Waals surface area contributed by atoms with Gasteiger partial charge in [0.25, 0.3) is 0 Å². The van der Waals surface area contributed by atoms with Crippen molar-refractivity contribution in [1.29, 1.82) is 0 Å². The van der Waals surface area contributed by atoms with Crippen molar-refractivity contribution in [3.63, 3.8) is 0 Å². The first-order valence-electron chi connectivity index (χ1n) is 8.95. The number of aromatic nitrogens is 4. The molecule has 1 unspecified atom stereocenters. The normalized spacial score (nSPS) is 21.3. The van der Waals surface area contributed by atoms with E-state index in [9.17, 15) is 13.2 Å². The molecule has 2 aliphatic rings. The van der Waals surface area contributed by atoms with E-state index in [1.54, 1.807) is 11.7 Å². The molecular formula is C17H19N5O4S. The molecule has 2 aromatic heterocycles. The second-order valence-electron chi connectivity index (χ2n) is 7.26. The van der Waals surface area contributed by atoms with E-state index in [0.717, 1.165) is 18.5 Å². The van der Waals surface area contributed by atoms with Crippen LogP contribution in [0.5, 0.6) is 0 Å². The molecular weight excluding hydrogens is 370 g/mol. The maximum Gasteiger partial charge on any atom is 0.419 e. The van der Waals surface area contributed by atoms with Crippen molar-refractivity contribution >= 4 is 21.1 Å². The van der Waals surface area contributed by atoms with Crippen LogP contribution in [0.15, 0.2) is 38.5 Å². The average molecular weight is 389 g/mol. The molecule has 2 fully saturated rings. The molecule has 1 aliphatic heterocycles. The zero-order valence-electron chi connectivity index (χ0n) is 14.8. The molecule has 1 aliphatic carbocycles. The summed E-state index contributed by atoms with van der Waals surface area (Å²) in [5.74, 6) is 0.00625. The van der Waals surface area contributed by atoms with E-state index in [1.165, 1.54) is 27.1 Å². The van der Waals surface area contributed by atoms with Gasteiger partial charge in [-0.25, -0.2) is 17.9 Å². The quantitative estimate of drug-likeness (QED) is 0.665. The summed E-state index contributed by atoms with van der Waals surface area (Å²) in [7, 11) is -2.11. The number of nitrogens with zero attached hydrogens (tertiary/aromatic N) is 5. The summed E-state index contributed by atoms with van der Waals surface area (Å²) in [4.78, 5) is 11.8. The Bertz CT molecular complexity index is 1190. The standard InChI is InChI=1S/C17H19N5O4S/c1-20-15-8-13(4-5-16(15)26-17(20)23)27(24,25)21-7-6-12(9-21)22-10-14(18-19-22)11-2-3-11/h4-5,8,10-12H,2-3,6-7,9H2,1H3. The number of sulfonamides is 1. The van der Waals surface area contributed by atoms with E-state index in [1.807, 2.05) is 6.20 Å². The van der Waals surface area contributed by atoms with Gasteiger partial charge in [-0.05, 0) is 37.5 Å². The summed E-state index contributed by atoms with van der Waals surface area (Å²) in [5.41, 5.74) is 1.83. The van der Waals surface area contributed by atoms with E-state index < -0.39 is 15.8 Å². The molecule has 0 N–H and O–H groups in total. The first-order chi connectivity index (χ1) is 12.9. The smallest absolute Gasteiger partial charge is 0.408 e. The minimum absolute atomic E-state index is 0.0122. The Morgan fingerprint density at radius 1 is 1.22 bits per heavy atom. The van der Waals surface area contributed by atoms with Crippen LogP contribution in [-0.2, 0) is 17.1 Å². The molecule has 142 valence electrons. The highest BCUT2D eigenvalue weighted by molar-refractivity contribution is 7.89. The van der Waals surface area contributed by atoms with Gasteiger partial charge in [-0.1, -0.05) is 5.21 Å². The molecule has 27 heavy (non-hydrogen) atoms. The van der Waals surface area contributed by atoms with Gasteiger partial charge in [0.05, 0.1) is 22.1 Å². The number of fused-ring (bicyclic) bond motifs is 1. The van der Waals surface area contributed by atoms with Crippen molar-refractivity contribution in [3.05, 3.63) is 40.6 Å². The van der Waals surface area contributed by atoms with Crippen LogP contribution in [0.3, 0.4) is 0 Å². The molecule has 0 bridgehead atoms. The van der Waals surface area contributed by atoms with Gasteiger partial charge in [0.1, 0.15) is 0 Å². The molecule has 3 aromatic rings. The van der Waals surface area contributed by atoms with Crippen LogP contribution in [0, 0.1) is 0 Å². The molecule has 1 saturated heterocycles. The molecule has 5 rings (SSSR count). The van der Waals surface area contributed by atoms with E-state index in [-0.39, 0.29) is 10.9 Å². The van der Waals surface area contributed by atoms with Crippen LogP contribution < -0.4 is 5.76 Å². The third kappa shape index (κ3) is 2.71. The highest BCUT2D eigenvalue weighted by Gasteiger charge is 2.35. The lowest BCUT2D eigenvalue weighted by Gasteiger charge is -2.16. The maximum absolute atomic E-state index is 13.1. The third-order valence-corrected chi connectivity index (χ3v) is 7.29. The Balaban J connectivity index is 1.41. The molecule has 3 heterocycles. The second kappa shape index (κ2) is 5.77. The third-order valence-electron chi connectivity index (χ3n) is 5.42. The largest absolute Gasteiger partial charge is 0.419 e. The predicted molar refractivity (Wildman–Crippen MR) is 95.9 cm³/mol. The molecule has 0 radical (unpaired) electrons. The van der Waals surface area contributed by atoms with Gasteiger partial charge in [0.2, 0.25) is 10.0 Å². The van der Waals surface area contributed by atoms with Gasteiger partial charge in [-0.15, -0.1) is 5.10 Å². The molecule has 1 saturated carbocycles. The highest BCUT2D eigenvalue weighted by Crippen LogP contribution is 2.39. The Hall–Kier alpha value is -2.46. The first-order valence-corrected chi connectivity index (χ1v) is 10.4. The van der Waals surface area contributed by atoms with Crippen LogP contribution in [0.1, 0.15) is 36.9 Å². The highest BCUT2D eigenvalue weighted by atomic mass is 32.2. The molecule has 0 spiro atoms. The topological polar surface area (TPSA) is 103 Å². The monoisotopic (exact) mass is 389 g/mol. The van der Waals surface area contributed by atoms with E-state index in [2.05, 4.69) is 10.3 Å². The SMILES string of the molecule is Cn1c(=O)oc2ccc(S(=O)(=O)N3CCC(n4cc(C5CC5)nn4)C3)cc21. The van der Waals surface area contributed by atoms with Gasteiger partial charge < -0.3 is 4.42 Å². The molecule has 10 heteroatoms. The van der Waals surface area contributed by atoms with Crippen LogP contribution >= 0.6 is 0 Å². The predicted octanol–water partition coefficient (Wildman–Crippen LogP) is 1.24. The van der Waals surface area contributed by atoms with Crippen molar-refractivity contribution < 1.29 is 12.8 Å². The fourth-order valence-electron chi connectivity index (χ4n) is 3.60. The zero-order chi connectivity index (χ0) is 18.8. The summed E-state index contributed by atoms with van der Waals surface area (Å²) in [6.45, 7) is 0.784. The lowest BCUT2D eigenvalue weighted by atomic mass is 10.2. The lowest BCUT2D eigenvalue weighted by molar-refractivity contribution is 0.428. The number of oxazole rings is 1. The van der Waals surface area contributed by atoms with Gasteiger partial charge in [-0.2, -0.15) is 4.31 Å². The Kier molecular flexibility index (Phi) is 3.57. The van der Waals surface area contributed by atoms with Crippen LogP contribution in [0.4, 0.5) is 0 Å². The Morgan fingerprint density at radius 3 is 2.81 bits per heavy atom. The van der Waals surface area contributed by atoms with Crippen molar-refractivity contribution in [1.82, 2.24) is 23.9 Å². The molecule has 1 atom stereocenters. The van der Waals surface area contributed by atoms with Crippen molar-refractivity contribution in [2.75, 3.05) is 13.1 Å². The number of hydrogen-bond acceptors (Lipinski definition) is 6. The van der Waals surface area contributed by atoms with Gasteiger partial charge >= 0.3 is 5.76 Å². The number of aryl methyl sites for hydroxylation is 1. The number of hydrogen-bond donors (Lipinski definition) is 0. The Labute approximate surface area is 155 Å². The molecule has 9 nitrogen and oxygen atoms in total. The molecule has 1 aromatic carbocycles. The first kappa shape index (κ1) is 16.7. The van der Waals surface area contributed by atoms with Crippen molar-refractivity contribution in [2.45, 2.75) is 36.1 Å². The average Bonchev–Trinajstić information content (AvgIpc) is 3.07. The minimum Gasteiger partial charge on any atom is -0.408 e. The summed E-state index contributed by atoms with van der Waals surface area (Å²) in [5, 5.41) is 8.42. The summed E-state index contributed by atoms with van der Waals surface area (Å²) in [6, 6.07) is 4.48. The van der Waals surface area contributed by atoms with E-state index in [4.69, 9.17) is 4.42 Å². The van der Waals surface area contributed by atoms with Crippen LogP contribution in [-0.4, -0.2) is 45.4 Å². The van der Waals surface area contributed by atoms with E-state index in [0.29, 0.717) is 36.5 Å². The van der Waals surface area contributed by atoms with Gasteiger partial charge in [-0.3, -0.25) is 4.57 Å². The summed E-state index contributed by atoms with van der Waals surface area (Å²) in [6.07, 6.45) is 4.95. The maximum atomic E-state index is 13.1. The van der Waals surface area contributed by atoms with Crippen LogP contribution in [0.2, 0.25) is 0 Å². The number of rotatable bonds is 4. The molecule has 0 amide bonds. The summed E-state index contributed by atoms with van der Waals surface area (Å²) >= 11 is 0. The van der Waals surface area contributed by atoms with Gasteiger partial charge in [0.15, 0.2) is 5.58 Å². The zero-order valence-corrected chi connectivity index (χ0v) is 15.6. The number of benzene rings is 1. The van der Waals surface area contributed by atoms with Crippen molar-refractivity contribution in [2.24, 2.45) is 7.05 Å². The van der Waals surface area contributed by atoms with E-state index >= 15 is 0 Å². The second-order valence-corrected chi connectivity index (χ2v) is 9.20. The Morgan fingerprint density at radius 2 is 2.04 bits per heavy atom. The van der Waals surface area contributed by atoms with Crippen molar-refractivity contribution in [3.8, 4) is 0 Å². The minimum atomic E-state index is -3.66. The lowest BCUT2D eigenvalue weighted by Crippen LogP contribution is -2.29.